The Morgan fingerprint density at radius 2 is 2.15 bits per heavy atom. The highest BCUT2D eigenvalue weighted by molar-refractivity contribution is 7.09. The molecule has 3 rings (SSSR count). The van der Waals surface area contributed by atoms with E-state index in [1.165, 1.54) is 18.3 Å². The summed E-state index contributed by atoms with van der Waals surface area (Å²) in [4.78, 5) is 30.4. The van der Waals surface area contributed by atoms with Crippen molar-refractivity contribution in [2.75, 3.05) is 18.5 Å². The Morgan fingerprint density at radius 3 is 2.73 bits per heavy atom. The average Bonchev–Trinajstić information content (AvgIpc) is 3.02. The van der Waals surface area contributed by atoms with Gasteiger partial charge < -0.3 is 20.1 Å². The Balaban J connectivity index is 1.81. The first-order valence-corrected chi connectivity index (χ1v) is 9.16. The van der Waals surface area contributed by atoms with Crippen molar-refractivity contribution in [2.45, 2.75) is 32.5 Å². The molecule has 2 heterocycles. The number of hydrogen-bond acceptors (Lipinski definition) is 6. The molecule has 26 heavy (non-hydrogen) atoms. The van der Waals surface area contributed by atoms with Crippen LogP contribution in [-0.2, 0) is 20.9 Å². The van der Waals surface area contributed by atoms with Crippen LogP contribution in [-0.4, -0.2) is 46.1 Å². The Labute approximate surface area is 155 Å². The lowest BCUT2D eigenvalue weighted by molar-refractivity contribution is -0.161. The maximum Gasteiger partial charge on any atom is 0.249 e. The number of nitrogens with zero attached hydrogens (tertiary/aromatic N) is 2. The van der Waals surface area contributed by atoms with Gasteiger partial charge in [-0.05, 0) is 24.6 Å². The summed E-state index contributed by atoms with van der Waals surface area (Å²) in [6, 6.07) is 6.75. The van der Waals surface area contributed by atoms with E-state index in [9.17, 15) is 14.7 Å². The summed E-state index contributed by atoms with van der Waals surface area (Å²) in [7, 11) is 0. The number of amides is 2. The molecular formula is C18H21N3O4S. The molecule has 2 amide bonds. The second kappa shape index (κ2) is 7.94. The average molecular weight is 375 g/mol. The minimum Gasteiger partial charge on any atom is -0.394 e. The molecule has 1 saturated heterocycles. The van der Waals surface area contributed by atoms with Crippen molar-refractivity contribution in [2.24, 2.45) is 0 Å². The van der Waals surface area contributed by atoms with E-state index in [1.54, 1.807) is 22.5 Å². The van der Waals surface area contributed by atoms with Gasteiger partial charge in [0, 0.05) is 17.5 Å². The fourth-order valence-corrected chi connectivity index (χ4v) is 3.79. The highest BCUT2D eigenvalue weighted by Crippen LogP contribution is 2.31. The zero-order valence-corrected chi connectivity index (χ0v) is 15.5. The highest BCUT2D eigenvalue weighted by atomic mass is 32.1. The molecule has 8 heteroatoms. The Morgan fingerprint density at radius 1 is 1.42 bits per heavy atom. The predicted octanol–water partition coefficient (Wildman–Crippen LogP) is 1.87. The van der Waals surface area contributed by atoms with Gasteiger partial charge in [0.05, 0.1) is 30.4 Å². The normalized spacial score (nSPS) is 20.3. The molecule has 0 spiro atoms. The van der Waals surface area contributed by atoms with E-state index in [0.717, 1.165) is 16.1 Å². The van der Waals surface area contributed by atoms with Gasteiger partial charge in [0.25, 0.3) is 0 Å². The van der Waals surface area contributed by atoms with Crippen LogP contribution in [0.25, 0.3) is 0 Å². The molecule has 1 aliphatic heterocycles. The first kappa shape index (κ1) is 18.5. The molecule has 0 saturated carbocycles. The van der Waals surface area contributed by atoms with Gasteiger partial charge in [0.15, 0.2) is 0 Å². The third kappa shape index (κ3) is 3.92. The van der Waals surface area contributed by atoms with Gasteiger partial charge in [0.1, 0.15) is 12.7 Å². The van der Waals surface area contributed by atoms with Crippen LogP contribution in [0.3, 0.4) is 0 Å². The van der Waals surface area contributed by atoms with E-state index in [1.807, 2.05) is 19.1 Å². The lowest BCUT2D eigenvalue weighted by atomic mass is 9.99. The van der Waals surface area contributed by atoms with E-state index in [0.29, 0.717) is 12.2 Å². The molecule has 0 aliphatic carbocycles. The molecule has 1 fully saturated rings. The lowest BCUT2D eigenvalue weighted by Gasteiger charge is -2.40. The SMILES string of the molecule is CC(=O)Nc1ccc([C@H]2OCC(=O)N(Cc3scnc3C)[C@@H]2CO)cc1. The molecule has 1 aliphatic rings. The smallest absolute Gasteiger partial charge is 0.249 e. The Bertz CT molecular complexity index is 790. The topological polar surface area (TPSA) is 91.8 Å². The Kier molecular flexibility index (Phi) is 5.65. The van der Waals surface area contributed by atoms with Gasteiger partial charge in [-0.2, -0.15) is 0 Å². The third-order valence-electron chi connectivity index (χ3n) is 4.36. The number of aryl methyl sites for hydroxylation is 1. The molecule has 1 aromatic heterocycles. The van der Waals surface area contributed by atoms with Crippen LogP contribution in [0.2, 0.25) is 0 Å². The van der Waals surface area contributed by atoms with Crippen LogP contribution in [0.5, 0.6) is 0 Å². The fourth-order valence-electron chi connectivity index (χ4n) is 3.01. The summed E-state index contributed by atoms with van der Waals surface area (Å²) in [5.41, 5.74) is 4.17. The van der Waals surface area contributed by atoms with E-state index in [2.05, 4.69) is 10.3 Å². The number of hydrogen-bond donors (Lipinski definition) is 2. The van der Waals surface area contributed by atoms with E-state index < -0.39 is 12.1 Å². The third-order valence-corrected chi connectivity index (χ3v) is 5.28. The van der Waals surface area contributed by atoms with Crippen molar-refractivity contribution in [1.82, 2.24) is 9.88 Å². The number of aromatic nitrogens is 1. The molecule has 1 aromatic carbocycles. The van der Waals surface area contributed by atoms with Gasteiger partial charge in [-0.3, -0.25) is 9.59 Å². The van der Waals surface area contributed by atoms with Crippen molar-refractivity contribution in [3.8, 4) is 0 Å². The Hall–Kier alpha value is -2.29. The van der Waals surface area contributed by atoms with Crippen LogP contribution in [0, 0.1) is 6.92 Å². The molecular weight excluding hydrogens is 354 g/mol. The van der Waals surface area contributed by atoms with Gasteiger partial charge in [-0.15, -0.1) is 11.3 Å². The van der Waals surface area contributed by atoms with E-state index in [4.69, 9.17) is 4.74 Å². The second-order valence-electron chi connectivity index (χ2n) is 6.17. The number of aliphatic hydroxyl groups excluding tert-OH is 1. The first-order chi connectivity index (χ1) is 12.5. The van der Waals surface area contributed by atoms with Crippen molar-refractivity contribution in [3.05, 3.63) is 45.9 Å². The van der Waals surface area contributed by atoms with Gasteiger partial charge in [0.2, 0.25) is 11.8 Å². The van der Waals surface area contributed by atoms with Crippen LogP contribution >= 0.6 is 11.3 Å². The monoisotopic (exact) mass is 375 g/mol. The van der Waals surface area contributed by atoms with Gasteiger partial charge in [-0.25, -0.2) is 4.98 Å². The van der Waals surface area contributed by atoms with Crippen molar-refractivity contribution in [1.29, 1.82) is 0 Å². The fraction of sp³-hybridized carbons (Fsp3) is 0.389. The van der Waals surface area contributed by atoms with Crippen LogP contribution in [0.1, 0.15) is 29.2 Å². The first-order valence-electron chi connectivity index (χ1n) is 8.28. The summed E-state index contributed by atoms with van der Waals surface area (Å²) >= 11 is 1.49. The number of aliphatic hydroxyl groups is 1. The molecule has 138 valence electrons. The zero-order valence-electron chi connectivity index (χ0n) is 14.6. The molecule has 7 nitrogen and oxygen atoms in total. The van der Waals surface area contributed by atoms with Crippen LogP contribution in [0.15, 0.2) is 29.8 Å². The van der Waals surface area contributed by atoms with Crippen molar-refractivity contribution in [3.63, 3.8) is 0 Å². The summed E-state index contributed by atoms with van der Waals surface area (Å²) in [5, 5.41) is 12.7. The lowest BCUT2D eigenvalue weighted by Crippen LogP contribution is -2.52. The number of ether oxygens (including phenoxy) is 1. The molecule has 0 radical (unpaired) electrons. The molecule has 2 aromatic rings. The molecule has 0 bridgehead atoms. The number of carbonyl (C=O) groups is 2. The second-order valence-corrected chi connectivity index (χ2v) is 7.11. The minimum absolute atomic E-state index is 0.0353. The maximum absolute atomic E-state index is 12.4. The number of morpholine rings is 1. The molecule has 0 unspecified atom stereocenters. The minimum atomic E-state index is -0.482. The van der Waals surface area contributed by atoms with Crippen LogP contribution in [0.4, 0.5) is 5.69 Å². The zero-order chi connectivity index (χ0) is 18.7. The van der Waals surface area contributed by atoms with Gasteiger partial charge in [-0.1, -0.05) is 12.1 Å². The number of nitrogens with one attached hydrogen (secondary N) is 1. The summed E-state index contributed by atoms with van der Waals surface area (Å²) < 4.78 is 5.73. The van der Waals surface area contributed by atoms with E-state index in [-0.39, 0.29) is 25.0 Å². The quantitative estimate of drug-likeness (QED) is 0.832. The number of rotatable bonds is 5. The van der Waals surface area contributed by atoms with Crippen molar-refractivity contribution < 1.29 is 19.4 Å². The van der Waals surface area contributed by atoms with Gasteiger partial charge >= 0.3 is 0 Å². The number of benzene rings is 1. The van der Waals surface area contributed by atoms with Crippen molar-refractivity contribution >= 4 is 28.8 Å². The standard InChI is InChI=1S/C18H21N3O4S/c1-11-16(26-10-19-11)7-21-15(8-22)18(25-9-17(21)24)13-3-5-14(6-4-13)20-12(2)23/h3-6,10,15,18,22H,7-9H2,1-2H3,(H,20,23)/t15-,18-/m1/s1. The predicted molar refractivity (Wildman–Crippen MR) is 97.7 cm³/mol. The number of carbonyl (C=O) groups excluding carboxylic acids is 2. The summed E-state index contributed by atoms with van der Waals surface area (Å²) in [5.74, 6) is -0.292. The molecule has 2 atom stereocenters. The number of anilines is 1. The maximum atomic E-state index is 12.4. The molecule has 2 N–H and O–H groups in total. The van der Waals surface area contributed by atoms with Crippen LogP contribution < -0.4 is 5.32 Å². The van der Waals surface area contributed by atoms with E-state index >= 15 is 0 Å². The summed E-state index contributed by atoms with van der Waals surface area (Å²) in [6.07, 6.45) is -0.433. The summed E-state index contributed by atoms with van der Waals surface area (Å²) in [6.45, 7) is 3.52. The number of thiazole rings is 1. The largest absolute Gasteiger partial charge is 0.394 e. The highest BCUT2D eigenvalue weighted by Gasteiger charge is 2.37.